The Hall–Kier alpha value is -2.86. The van der Waals surface area contributed by atoms with Crippen LogP contribution >= 0.6 is 12.4 Å². The summed E-state index contributed by atoms with van der Waals surface area (Å²) in [6.45, 7) is 1.76. The summed E-state index contributed by atoms with van der Waals surface area (Å²) < 4.78 is 0. The fourth-order valence-corrected chi connectivity index (χ4v) is 2.62. The molecular weight excluding hydrogens is 374 g/mol. The third-order valence-corrected chi connectivity index (χ3v) is 4.03. The van der Waals surface area contributed by atoms with Crippen LogP contribution in [0.15, 0.2) is 72.3 Å². The Balaban J connectivity index is 0.000000717. The van der Waals surface area contributed by atoms with E-state index in [-0.39, 0.29) is 25.6 Å². The zero-order valence-corrected chi connectivity index (χ0v) is 16.5. The van der Waals surface area contributed by atoms with Crippen molar-refractivity contribution in [3.63, 3.8) is 0 Å². The molecule has 0 aromatic heterocycles. The molecule has 2 aromatic carbocycles. The van der Waals surface area contributed by atoms with Gasteiger partial charge >= 0.3 is 0 Å². The minimum atomic E-state index is -0.125. The molecule has 2 aromatic rings. The van der Waals surface area contributed by atoms with Crippen LogP contribution in [0.4, 0.5) is 11.4 Å². The third-order valence-electron chi connectivity index (χ3n) is 4.03. The summed E-state index contributed by atoms with van der Waals surface area (Å²) in [5.41, 5.74) is 19.2. The molecule has 0 bridgehead atoms. The van der Waals surface area contributed by atoms with Gasteiger partial charge in [-0.15, -0.1) is 12.4 Å². The summed E-state index contributed by atoms with van der Waals surface area (Å²) in [7, 11) is 0. The minimum absolute atomic E-state index is 0. The number of hydrogen-bond acceptors (Lipinski definition) is 5. The number of nitrogen functional groups attached to an aromatic ring is 2. The summed E-state index contributed by atoms with van der Waals surface area (Å²) in [5, 5.41) is 22.9. The van der Waals surface area contributed by atoms with Crippen LogP contribution in [0, 0.1) is 12.3 Å². The predicted octanol–water partition coefficient (Wildman–Crippen LogP) is 3.50. The zero-order chi connectivity index (χ0) is 19.8. The number of hydrogen-bond donors (Lipinski definition) is 5. The molecule has 0 radical (unpaired) electrons. The topological polar surface area (TPSA) is 116 Å². The second kappa shape index (κ2) is 11.1. The minimum Gasteiger partial charge on any atom is -0.399 e. The van der Waals surface area contributed by atoms with Crippen LogP contribution in [0.3, 0.4) is 0 Å². The first-order valence-corrected chi connectivity index (χ1v) is 8.59. The zero-order valence-electron chi connectivity index (χ0n) is 15.7. The first kappa shape index (κ1) is 23.2. The Morgan fingerprint density at radius 1 is 0.857 bits per heavy atom. The van der Waals surface area contributed by atoms with Crippen molar-refractivity contribution in [2.24, 2.45) is 0 Å². The molecule has 0 aliphatic heterocycles. The molecule has 5 nitrogen and oxygen atoms in total. The Bertz CT molecular complexity index is 880. The van der Waals surface area contributed by atoms with Gasteiger partial charge in [0.1, 0.15) is 0 Å². The van der Waals surface area contributed by atoms with Gasteiger partial charge in [0.15, 0.2) is 0 Å². The van der Waals surface area contributed by atoms with Crippen molar-refractivity contribution in [2.75, 3.05) is 24.7 Å². The maximum absolute atomic E-state index is 7.69. The highest BCUT2D eigenvalue weighted by Crippen LogP contribution is 2.31. The summed E-state index contributed by atoms with van der Waals surface area (Å²) in [4.78, 5) is 0. The molecule has 0 fully saturated rings. The van der Waals surface area contributed by atoms with Crippen molar-refractivity contribution in [3.8, 4) is 0 Å². The Labute approximate surface area is 171 Å². The van der Waals surface area contributed by atoms with Crippen LogP contribution in [-0.2, 0) is 0 Å². The molecule has 0 heterocycles. The third kappa shape index (κ3) is 6.09. The highest BCUT2D eigenvalue weighted by molar-refractivity contribution is 6.05. The molecule has 28 heavy (non-hydrogen) atoms. The van der Waals surface area contributed by atoms with E-state index in [1.807, 2.05) is 55.5 Å². The van der Waals surface area contributed by atoms with Crippen molar-refractivity contribution in [2.45, 2.75) is 6.92 Å². The number of aryl methyl sites for hydroxylation is 1. The van der Waals surface area contributed by atoms with Gasteiger partial charge in [-0.05, 0) is 71.2 Å². The molecule has 0 unspecified atom stereocenters. The first-order chi connectivity index (χ1) is 13.0. The lowest BCUT2D eigenvalue weighted by Crippen LogP contribution is -1.99. The normalized spacial score (nSPS) is 12.1. The number of benzene rings is 2. The maximum Gasteiger partial charge on any atom is 0.0662 e. The molecule has 6 heteroatoms. The average molecular weight is 400 g/mol. The van der Waals surface area contributed by atoms with Crippen LogP contribution in [0.5, 0.6) is 0 Å². The van der Waals surface area contributed by atoms with Gasteiger partial charge in [-0.1, -0.05) is 30.4 Å². The maximum atomic E-state index is 7.69. The van der Waals surface area contributed by atoms with Crippen LogP contribution in [0.25, 0.3) is 5.57 Å². The second-order valence-electron chi connectivity index (χ2n) is 6.09. The summed E-state index contributed by atoms with van der Waals surface area (Å²) >= 11 is 0. The predicted molar refractivity (Wildman–Crippen MR) is 120 cm³/mol. The largest absolute Gasteiger partial charge is 0.399 e. The van der Waals surface area contributed by atoms with Crippen molar-refractivity contribution in [1.82, 2.24) is 0 Å². The average Bonchev–Trinajstić information content (AvgIpc) is 2.68. The number of anilines is 2. The van der Waals surface area contributed by atoms with E-state index in [1.54, 1.807) is 12.2 Å². The SMILES string of the molecule is Cc1cc(C(=C2C=CC(=N)C=C2)c2ccc(N)cc2)ccc1N.Cl.OCCO. The number of aliphatic hydroxyl groups excluding tert-OH is 2. The Morgan fingerprint density at radius 3 is 1.89 bits per heavy atom. The van der Waals surface area contributed by atoms with Crippen molar-refractivity contribution < 1.29 is 10.2 Å². The monoisotopic (exact) mass is 399 g/mol. The van der Waals surface area contributed by atoms with Gasteiger partial charge in [0.25, 0.3) is 0 Å². The quantitative estimate of drug-likeness (QED) is 0.508. The van der Waals surface area contributed by atoms with Gasteiger partial charge < -0.3 is 27.1 Å². The van der Waals surface area contributed by atoms with E-state index in [9.17, 15) is 0 Å². The molecular formula is C22H26ClN3O2. The Morgan fingerprint density at radius 2 is 1.39 bits per heavy atom. The van der Waals surface area contributed by atoms with Crippen LogP contribution in [0.2, 0.25) is 0 Å². The number of rotatable bonds is 3. The summed E-state index contributed by atoms with van der Waals surface area (Å²) in [5.74, 6) is 0. The van der Waals surface area contributed by atoms with E-state index < -0.39 is 0 Å². The molecule has 0 atom stereocenters. The van der Waals surface area contributed by atoms with Gasteiger partial charge in [-0.3, -0.25) is 0 Å². The van der Waals surface area contributed by atoms with Gasteiger partial charge in [0.2, 0.25) is 0 Å². The van der Waals surface area contributed by atoms with Crippen molar-refractivity contribution >= 4 is 35.1 Å². The van der Waals surface area contributed by atoms with E-state index in [1.165, 1.54) is 0 Å². The van der Waals surface area contributed by atoms with Gasteiger partial charge in [-0.2, -0.15) is 0 Å². The van der Waals surface area contributed by atoms with Crippen molar-refractivity contribution in [1.29, 1.82) is 5.41 Å². The second-order valence-corrected chi connectivity index (χ2v) is 6.09. The smallest absolute Gasteiger partial charge is 0.0662 e. The summed E-state index contributed by atoms with van der Waals surface area (Å²) in [6.07, 6.45) is 7.55. The first-order valence-electron chi connectivity index (χ1n) is 8.59. The standard InChI is InChI=1S/C20H19N3.C2H6O2.ClH/c1-13-12-16(6-11-19(13)23)20(14-2-7-17(21)8-3-14)15-4-9-18(22)10-5-15;3-1-2-4;/h2-12,21H,22-23H2,1H3;3-4H,1-2H2;1H. The van der Waals surface area contributed by atoms with Crippen molar-refractivity contribution in [3.05, 3.63) is 89.0 Å². The molecule has 0 saturated heterocycles. The highest BCUT2D eigenvalue weighted by Gasteiger charge is 2.12. The highest BCUT2D eigenvalue weighted by atomic mass is 35.5. The van der Waals surface area contributed by atoms with E-state index in [4.69, 9.17) is 27.1 Å². The van der Waals surface area contributed by atoms with E-state index >= 15 is 0 Å². The molecule has 0 saturated carbocycles. The molecule has 0 spiro atoms. The number of nitrogens with two attached hydrogens (primary N) is 2. The number of nitrogens with one attached hydrogen (secondary N) is 1. The van der Waals surface area contributed by atoms with E-state index in [0.717, 1.165) is 39.2 Å². The lowest BCUT2D eigenvalue weighted by Gasteiger charge is -2.15. The number of halogens is 1. The lowest BCUT2D eigenvalue weighted by molar-refractivity contribution is 0.186. The molecule has 7 N–H and O–H groups in total. The summed E-state index contributed by atoms with van der Waals surface area (Å²) in [6, 6.07) is 13.9. The lowest BCUT2D eigenvalue weighted by atomic mass is 9.90. The van der Waals surface area contributed by atoms with Crippen LogP contribution in [0.1, 0.15) is 16.7 Å². The molecule has 0 amide bonds. The van der Waals surface area contributed by atoms with Gasteiger partial charge in [0, 0.05) is 11.4 Å². The van der Waals surface area contributed by atoms with E-state index in [0.29, 0.717) is 5.71 Å². The van der Waals surface area contributed by atoms with Gasteiger partial charge in [-0.25, -0.2) is 0 Å². The van der Waals surface area contributed by atoms with E-state index in [2.05, 4.69) is 6.07 Å². The number of allylic oxidation sites excluding steroid dienone is 5. The Kier molecular flexibility index (Phi) is 9.18. The molecule has 1 aliphatic rings. The van der Waals surface area contributed by atoms with Crippen LogP contribution < -0.4 is 11.5 Å². The molecule has 148 valence electrons. The molecule has 1 aliphatic carbocycles. The fourth-order valence-electron chi connectivity index (χ4n) is 2.62. The fraction of sp³-hybridized carbons (Fsp3) is 0.136. The van der Waals surface area contributed by atoms with Crippen LogP contribution in [-0.4, -0.2) is 29.1 Å². The van der Waals surface area contributed by atoms with Gasteiger partial charge in [0.05, 0.1) is 18.9 Å². The number of aliphatic hydroxyl groups is 2. The molecule has 3 rings (SSSR count).